The van der Waals surface area contributed by atoms with E-state index >= 15 is 0 Å². The van der Waals surface area contributed by atoms with E-state index in [1.165, 1.54) is 10.9 Å². The number of fused-ring (bicyclic) bond motifs is 1. The van der Waals surface area contributed by atoms with E-state index in [4.69, 9.17) is 10.5 Å². The number of para-hydroxylation sites is 1. The molecule has 2 heterocycles. The fraction of sp³-hybridized carbons (Fsp3) is 0.182. The number of nitrogens with two attached hydrogens (primary N) is 1. The third kappa shape index (κ3) is 3.83. The number of aromatic amines is 1. The SMILES string of the molecule is Cc1cc(OC[C@@H](N)Cc2c[nH]c3ccccc23)ccc1-c1cnccn1. The molecule has 5 heteroatoms. The highest BCUT2D eigenvalue weighted by Gasteiger charge is 2.10. The average molecular weight is 358 g/mol. The Bertz CT molecular complexity index is 1040. The van der Waals surface area contributed by atoms with Crippen LogP contribution in [0.2, 0.25) is 0 Å². The molecule has 0 saturated carbocycles. The molecule has 0 aliphatic rings. The third-order valence-electron chi connectivity index (χ3n) is 4.66. The second-order valence-corrected chi connectivity index (χ2v) is 6.70. The van der Waals surface area contributed by atoms with Crippen LogP contribution in [0.25, 0.3) is 22.2 Å². The van der Waals surface area contributed by atoms with Crippen LogP contribution in [0.15, 0.2) is 67.3 Å². The molecule has 3 N–H and O–H groups in total. The molecule has 0 aliphatic heterocycles. The van der Waals surface area contributed by atoms with E-state index in [0.29, 0.717) is 6.61 Å². The van der Waals surface area contributed by atoms with Crippen LogP contribution in [0.1, 0.15) is 11.1 Å². The largest absolute Gasteiger partial charge is 0.492 e. The van der Waals surface area contributed by atoms with Gasteiger partial charge in [-0.25, -0.2) is 0 Å². The summed E-state index contributed by atoms with van der Waals surface area (Å²) in [5.41, 5.74) is 11.7. The fourth-order valence-corrected chi connectivity index (χ4v) is 3.30. The second kappa shape index (κ2) is 7.60. The van der Waals surface area contributed by atoms with Gasteiger partial charge in [0.15, 0.2) is 0 Å². The molecular formula is C22H22N4O. The van der Waals surface area contributed by atoms with Gasteiger partial charge in [-0.1, -0.05) is 18.2 Å². The maximum absolute atomic E-state index is 6.31. The Morgan fingerprint density at radius 2 is 2.04 bits per heavy atom. The quantitative estimate of drug-likeness (QED) is 0.548. The first-order chi connectivity index (χ1) is 13.2. The number of benzene rings is 2. The van der Waals surface area contributed by atoms with Crippen molar-refractivity contribution in [3.05, 3.63) is 78.4 Å². The predicted molar refractivity (Wildman–Crippen MR) is 108 cm³/mol. The molecule has 27 heavy (non-hydrogen) atoms. The predicted octanol–water partition coefficient (Wildman–Crippen LogP) is 3.88. The molecule has 0 fully saturated rings. The van der Waals surface area contributed by atoms with Crippen molar-refractivity contribution in [2.24, 2.45) is 5.73 Å². The van der Waals surface area contributed by atoms with Crippen molar-refractivity contribution < 1.29 is 4.74 Å². The Morgan fingerprint density at radius 3 is 2.85 bits per heavy atom. The summed E-state index contributed by atoms with van der Waals surface area (Å²) >= 11 is 0. The van der Waals surface area contributed by atoms with Gasteiger partial charge in [-0.05, 0) is 48.7 Å². The van der Waals surface area contributed by atoms with E-state index in [9.17, 15) is 0 Å². The van der Waals surface area contributed by atoms with Crippen LogP contribution in [-0.2, 0) is 6.42 Å². The Labute approximate surface area is 158 Å². The van der Waals surface area contributed by atoms with E-state index in [1.807, 2.05) is 43.5 Å². The van der Waals surface area contributed by atoms with Gasteiger partial charge in [-0.15, -0.1) is 0 Å². The number of nitrogens with zero attached hydrogens (tertiary/aromatic N) is 2. The van der Waals surface area contributed by atoms with Gasteiger partial charge >= 0.3 is 0 Å². The highest BCUT2D eigenvalue weighted by molar-refractivity contribution is 5.83. The Kier molecular flexibility index (Phi) is 4.85. The van der Waals surface area contributed by atoms with Gasteiger partial charge in [-0.2, -0.15) is 0 Å². The molecule has 136 valence electrons. The zero-order chi connectivity index (χ0) is 18.6. The minimum absolute atomic E-state index is 0.0795. The molecule has 0 radical (unpaired) electrons. The number of aromatic nitrogens is 3. The fourth-order valence-electron chi connectivity index (χ4n) is 3.30. The normalized spacial score (nSPS) is 12.2. The van der Waals surface area contributed by atoms with Gasteiger partial charge in [0, 0.05) is 41.1 Å². The highest BCUT2D eigenvalue weighted by Crippen LogP contribution is 2.25. The molecule has 1 atom stereocenters. The Balaban J connectivity index is 1.40. The number of H-pyrrole nitrogens is 1. The van der Waals surface area contributed by atoms with Crippen molar-refractivity contribution in [3.63, 3.8) is 0 Å². The van der Waals surface area contributed by atoms with Crippen LogP contribution in [0.3, 0.4) is 0 Å². The summed E-state index contributed by atoms with van der Waals surface area (Å²) in [6.45, 7) is 2.51. The van der Waals surface area contributed by atoms with Crippen molar-refractivity contribution in [1.82, 2.24) is 15.0 Å². The van der Waals surface area contributed by atoms with Crippen LogP contribution in [-0.4, -0.2) is 27.6 Å². The lowest BCUT2D eigenvalue weighted by atomic mass is 10.1. The van der Waals surface area contributed by atoms with Crippen LogP contribution in [0.4, 0.5) is 0 Å². The topological polar surface area (TPSA) is 76.8 Å². The molecule has 0 bridgehead atoms. The highest BCUT2D eigenvalue weighted by atomic mass is 16.5. The molecular weight excluding hydrogens is 336 g/mol. The van der Waals surface area contributed by atoms with Gasteiger partial charge in [0.25, 0.3) is 0 Å². The molecule has 0 amide bonds. The van der Waals surface area contributed by atoms with Crippen molar-refractivity contribution in [2.75, 3.05) is 6.61 Å². The van der Waals surface area contributed by atoms with E-state index < -0.39 is 0 Å². The lowest BCUT2D eigenvalue weighted by molar-refractivity contribution is 0.287. The van der Waals surface area contributed by atoms with Crippen LogP contribution in [0, 0.1) is 6.92 Å². The molecule has 2 aromatic carbocycles. The number of rotatable bonds is 6. The first-order valence-corrected chi connectivity index (χ1v) is 9.01. The van der Waals surface area contributed by atoms with Crippen molar-refractivity contribution in [2.45, 2.75) is 19.4 Å². The lowest BCUT2D eigenvalue weighted by Crippen LogP contribution is -2.30. The molecule has 2 aromatic heterocycles. The molecule has 0 unspecified atom stereocenters. The van der Waals surface area contributed by atoms with Gasteiger partial charge < -0.3 is 15.5 Å². The van der Waals surface area contributed by atoms with Crippen LogP contribution >= 0.6 is 0 Å². The lowest BCUT2D eigenvalue weighted by Gasteiger charge is -2.14. The molecule has 5 nitrogen and oxygen atoms in total. The second-order valence-electron chi connectivity index (χ2n) is 6.70. The minimum atomic E-state index is -0.0795. The summed E-state index contributed by atoms with van der Waals surface area (Å²) in [5.74, 6) is 0.814. The minimum Gasteiger partial charge on any atom is -0.492 e. The first-order valence-electron chi connectivity index (χ1n) is 9.01. The summed E-state index contributed by atoms with van der Waals surface area (Å²) in [5, 5.41) is 1.22. The maximum Gasteiger partial charge on any atom is 0.119 e. The Morgan fingerprint density at radius 1 is 1.15 bits per heavy atom. The average Bonchev–Trinajstić information content (AvgIpc) is 3.10. The number of ether oxygens (including phenoxy) is 1. The number of nitrogens with one attached hydrogen (secondary N) is 1. The van der Waals surface area contributed by atoms with Crippen LogP contribution < -0.4 is 10.5 Å². The zero-order valence-corrected chi connectivity index (χ0v) is 15.2. The molecule has 0 saturated heterocycles. The smallest absolute Gasteiger partial charge is 0.119 e. The number of hydrogen-bond acceptors (Lipinski definition) is 4. The summed E-state index contributed by atoms with van der Waals surface area (Å²) < 4.78 is 5.93. The molecule has 4 rings (SSSR count). The third-order valence-corrected chi connectivity index (χ3v) is 4.66. The van der Waals surface area contributed by atoms with E-state index in [2.05, 4.69) is 27.1 Å². The maximum atomic E-state index is 6.31. The number of aryl methyl sites for hydroxylation is 1. The van der Waals surface area contributed by atoms with Gasteiger partial charge in [0.1, 0.15) is 12.4 Å². The molecule has 0 spiro atoms. The van der Waals surface area contributed by atoms with E-state index in [1.54, 1.807) is 18.6 Å². The van der Waals surface area contributed by atoms with E-state index in [0.717, 1.165) is 34.5 Å². The van der Waals surface area contributed by atoms with Gasteiger partial charge in [-0.3, -0.25) is 9.97 Å². The standard InChI is InChI=1S/C22H22N4O/c1-15-10-18(6-7-19(15)22-13-24-8-9-25-22)27-14-17(23)11-16-12-26-21-5-3-2-4-20(16)21/h2-10,12-13,17,26H,11,14,23H2,1H3/t17-/m0/s1. The summed E-state index contributed by atoms with van der Waals surface area (Å²) in [4.78, 5) is 11.8. The van der Waals surface area contributed by atoms with Crippen molar-refractivity contribution >= 4 is 10.9 Å². The van der Waals surface area contributed by atoms with E-state index in [-0.39, 0.29) is 6.04 Å². The monoisotopic (exact) mass is 358 g/mol. The zero-order valence-electron chi connectivity index (χ0n) is 15.2. The van der Waals surface area contributed by atoms with Crippen molar-refractivity contribution in [1.29, 1.82) is 0 Å². The summed E-state index contributed by atoms with van der Waals surface area (Å²) in [6, 6.07) is 14.2. The number of hydrogen-bond donors (Lipinski definition) is 2. The van der Waals surface area contributed by atoms with Crippen LogP contribution in [0.5, 0.6) is 5.75 Å². The summed E-state index contributed by atoms with van der Waals surface area (Å²) in [7, 11) is 0. The van der Waals surface area contributed by atoms with Crippen molar-refractivity contribution in [3.8, 4) is 17.0 Å². The molecule has 4 aromatic rings. The first kappa shape index (κ1) is 17.2. The summed E-state index contributed by atoms with van der Waals surface area (Å²) in [6.07, 6.45) is 7.93. The Hall–Kier alpha value is -3.18. The van der Waals surface area contributed by atoms with Gasteiger partial charge in [0.2, 0.25) is 0 Å². The van der Waals surface area contributed by atoms with Gasteiger partial charge in [0.05, 0.1) is 11.9 Å². The molecule has 0 aliphatic carbocycles.